The zero-order chi connectivity index (χ0) is 9.47. The van der Waals surface area contributed by atoms with Gasteiger partial charge < -0.3 is 10.2 Å². The first-order chi connectivity index (χ1) is 6.10. The second-order valence-corrected chi connectivity index (χ2v) is 4.15. The molecule has 0 aliphatic heterocycles. The molecule has 13 heavy (non-hydrogen) atoms. The molecule has 3 atom stereocenters. The summed E-state index contributed by atoms with van der Waals surface area (Å²) in [7, 11) is 0. The van der Waals surface area contributed by atoms with Gasteiger partial charge in [0, 0.05) is 18.8 Å². The van der Waals surface area contributed by atoms with Gasteiger partial charge in [0.25, 0.3) is 0 Å². The molecule has 1 fully saturated rings. The van der Waals surface area contributed by atoms with E-state index in [2.05, 4.69) is 0 Å². The van der Waals surface area contributed by atoms with Crippen LogP contribution in [0.1, 0.15) is 25.7 Å². The van der Waals surface area contributed by atoms with Gasteiger partial charge in [-0.15, -0.1) is 0 Å². The lowest BCUT2D eigenvalue weighted by atomic mass is 9.69. The zero-order valence-corrected chi connectivity index (χ0v) is 7.44. The second-order valence-electron chi connectivity index (χ2n) is 4.15. The number of hydrogen-bond donors (Lipinski definition) is 2. The van der Waals surface area contributed by atoms with Crippen LogP contribution < -0.4 is 0 Å². The Hall–Kier alpha value is -0.670. The molecule has 2 aliphatic carbocycles. The molecule has 72 valence electrons. The maximum Gasteiger partial charge on any atom is 0.158 e. The van der Waals surface area contributed by atoms with Crippen LogP contribution in [-0.2, 0) is 4.79 Å². The number of allylic oxidation sites excluding steroid dienone is 1. The first-order valence-corrected chi connectivity index (χ1v) is 4.72. The summed E-state index contributed by atoms with van der Waals surface area (Å²) in [6.07, 6.45) is 4.92. The van der Waals surface area contributed by atoms with E-state index in [9.17, 15) is 15.0 Å². The van der Waals surface area contributed by atoms with E-state index >= 15 is 0 Å². The lowest BCUT2D eigenvalue weighted by Gasteiger charge is -2.41. The van der Waals surface area contributed by atoms with Gasteiger partial charge >= 0.3 is 0 Å². The topological polar surface area (TPSA) is 57.5 Å². The van der Waals surface area contributed by atoms with Crippen LogP contribution in [0.4, 0.5) is 0 Å². The Labute approximate surface area is 77.1 Å². The second kappa shape index (κ2) is 2.93. The quantitative estimate of drug-likeness (QED) is 0.570. The third kappa shape index (κ3) is 1.54. The van der Waals surface area contributed by atoms with Crippen LogP contribution in [0.15, 0.2) is 12.2 Å². The summed E-state index contributed by atoms with van der Waals surface area (Å²) in [6.45, 7) is 0. The van der Waals surface area contributed by atoms with Crippen molar-refractivity contribution in [3.05, 3.63) is 12.2 Å². The number of carbonyl (C=O) groups is 1. The van der Waals surface area contributed by atoms with E-state index in [0.717, 1.165) is 12.8 Å². The van der Waals surface area contributed by atoms with E-state index in [1.165, 1.54) is 0 Å². The highest BCUT2D eigenvalue weighted by Gasteiger charge is 2.43. The summed E-state index contributed by atoms with van der Waals surface area (Å²) in [5, 5.41) is 19.5. The average molecular weight is 182 g/mol. The van der Waals surface area contributed by atoms with Gasteiger partial charge in [0.1, 0.15) is 0 Å². The van der Waals surface area contributed by atoms with Crippen LogP contribution in [0.2, 0.25) is 0 Å². The summed E-state index contributed by atoms with van der Waals surface area (Å²) in [6, 6.07) is 0. The predicted molar refractivity (Wildman–Crippen MR) is 47.1 cm³/mol. The first-order valence-electron chi connectivity index (χ1n) is 4.72. The fraction of sp³-hybridized carbons (Fsp3) is 0.700. The highest BCUT2D eigenvalue weighted by molar-refractivity contribution is 5.91. The SMILES string of the molecule is O=C1C=CC2CCC(O)CC2(O)C1. The Morgan fingerprint density at radius 3 is 3.00 bits per heavy atom. The Bertz CT molecular complexity index is 259. The van der Waals surface area contributed by atoms with Gasteiger partial charge in [0.15, 0.2) is 5.78 Å². The number of hydrogen-bond acceptors (Lipinski definition) is 3. The van der Waals surface area contributed by atoms with Crippen LogP contribution in [0.5, 0.6) is 0 Å². The van der Waals surface area contributed by atoms with Crippen LogP contribution in [0, 0.1) is 5.92 Å². The number of fused-ring (bicyclic) bond motifs is 1. The van der Waals surface area contributed by atoms with Crippen LogP contribution >= 0.6 is 0 Å². The van der Waals surface area contributed by atoms with Crippen molar-refractivity contribution in [1.82, 2.24) is 0 Å². The zero-order valence-electron chi connectivity index (χ0n) is 7.44. The molecule has 2 aliphatic rings. The maximum atomic E-state index is 11.1. The number of aliphatic hydroxyl groups is 2. The Balaban J connectivity index is 2.22. The van der Waals surface area contributed by atoms with Gasteiger partial charge in [0.2, 0.25) is 0 Å². The highest BCUT2D eigenvalue weighted by Crippen LogP contribution is 2.39. The molecule has 2 rings (SSSR count). The molecule has 0 radical (unpaired) electrons. The van der Waals surface area contributed by atoms with Gasteiger partial charge in [-0.3, -0.25) is 4.79 Å². The van der Waals surface area contributed by atoms with E-state index in [-0.39, 0.29) is 18.1 Å². The van der Waals surface area contributed by atoms with Crippen molar-refractivity contribution in [3.63, 3.8) is 0 Å². The first kappa shape index (κ1) is 8.91. The molecule has 3 heteroatoms. The van der Waals surface area contributed by atoms with E-state index in [0.29, 0.717) is 6.42 Å². The molecule has 0 saturated heterocycles. The molecule has 3 nitrogen and oxygen atoms in total. The third-order valence-electron chi connectivity index (χ3n) is 3.08. The fourth-order valence-corrected chi connectivity index (χ4v) is 2.36. The number of rotatable bonds is 0. The summed E-state index contributed by atoms with van der Waals surface area (Å²) in [5.74, 6) is 0.0291. The van der Waals surface area contributed by atoms with E-state index in [1.807, 2.05) is 0 Å². The lowest BCUT2D eigenvalue weighted by molar-refractivity contribution is -0.129. The fourth-order valence-electron chi connectivity index (χ4n) is 2.36. The summed E-state index contributed by atoms with van der Waals surface area (Å²) in [5.41, 5.74) is -0.969. The Morgan fingerprint density at radius 1 is 1.46 bits per heavy atom. The van der Waals surface area contributed by atoms with Crippen molar-refractivity contribution in [2.75, 3.05) is 0 Å². The van der Waals surface area contributed by atoms with Crippen LogP contribution in [0.25, 0.3) is 0 Å². The van der Waals surface area contributed by atoms with Crippen molar-refractivity contribution in [3.8, 4) is 0 Å². The molecule has 3 unspecified atom stereocenters. The predicted octanol–water partition coefficient (Wildman–Crippen LogP) is 0.407. The highest BCUT2D eigenvalue weighted by atomic mass is 16.3. The normalized spacial score (nSPS) is 44.6. The monoisotopic (exact) mass is 182 g/mol. The van der Waals surface area contributed by atoms with Crippen molar-refractivity contribution in [1.29, 1.82) is 0 Å². The molecule has 0 bridgehead atoms. The van der Waals surface area contributed by atoms with Crippen LogP contribution in [-0.4, -0.2) is 27.7 Å². The van der Waals surface area contributed by atoms with Gasteiger partial charge in [-0.25, -0.2) is 0 Å². The van der Waals surface area contributed by atoms with Gasteiger partial charge in [-0.05, 0) is 18.9 Å². The number of carbonyl (C=O) groups excluding carboxylic acids is 1. The Kier molecular flexibility index (Phi) is 2.00. The molecule has 0 aromatic heterocycles. The maximum absolute atomic E-state index is 11.1. The molecule has 1 saturated carbocycles. The van der Waals surface area contributed by atoms with Crippen LogP contribution in [0.3, 0.4) is 0 Å². The third-order valence-corrected chi connectivity index (χ3v) is 3.08. The molecule has 0 aromatic rings. The lowest BCUT2D eigenvalue weighted by Crippen LogP contribution is -2.47. The van der Waals surface area contributed by atoms with Gasteiger partial charge in [0.05, 0.1) is 11.7 Å². The van der Waals surface area contributed by atoms with Crippen molar-refractivity contribution >= 4 is 5.78 Å². The summed E-state index contributed by atoms with van der Waals surface area (Å²) < 4.78 is 0. The minimum Gasteiger partial charge on any atom is -0.393 e. The molecule has 0 aromatic carbocycles. The smallest absolute Gasteiger partial charge is 0.158 e. The standard InChI is InChI=1S/C10H14O3/c11-8-3-1-7-2-4-9(12)6-10(7,13)5-8/h1,3,7,9,12-13H,2,4-6H2. The molecule has 0 amide bonds. The summed E-state index contributed by atoms with van der Waals surface area (Å²) >= 11 is 0. The van der Waals surface area contributed by atoms with Gasteiger partial charge in [-0.2, -0.15) is 0 Å². The van der Waals surface area contributed by atoms with E-state index < -0.39 is 11.7 Å². The Morgan fingerprint density at radius 2 is 2.23 bits per heavy atom. The number of ketones is 1. The minimum atomic E-state index is -0.969. The van der Waals surface area contributed by atoms with Gasteiger partial charge in [-0.1, -0.05) is 6.08 Å². The molecular weight excluding hydrogens is 168 g/mol. The van der Waals surface area contributed by atoms with E-state index in [1.54, 1.807) is 12.2 Å². The number of aliphatic hydroxyl groups excluding tert-OH is 1. The molecule has 0 heterocycles. The summed E-state index contributed by atoms with van der Waals surface area (Å²) in [4.78, 5) is 11.1. The average Bonchev–Trinajstić information content (AvgIpc) is 2.01. The minimum absolute atomic E-state index is 0.0344. The van der Waals surface area contributed by atoms with Crippen molar-refractivity contribution in [2.45, 2.75) is 37.4 Å². The van der Waals surface area contributed by atoms with Crippen molar-refractivity contribution in [2.24, 2.45) is 5.92 Å². The van der Waals surface area contributed by atoms with E-state index in [4.69, 9.17) is 0 Å². The molecular formula is C10H14O3. The molecule has 2 N–H and O–H groups in total. The molecule has 0 spiro atoms. The van der Waals surface area contributed by atoms with Crippen molar-refractivity contribution < 1.29 is 15.0 Å². The largest absolute Gasteiger partial charge is 0.393 e.